The van der Waals surface area contributed by atoms with Gasteiger partial charge in [0.15, 0.2) is 0 Å². The van der Waals surface area contributed by atoms with Gasteiger partial charge in [0.2, 0.25) is 0 Å². The van der Waals surface area contributed by atoms with Crippen LogP contribution in [0.15, 0.2) is 23.8 Å². The third kappa shape index (κ3) is 5.89. The largest absolute Gasteiger partial charge is 0.296 e. The van der Waals surface area contributed by atoms with Crippen molar-refractivity contribution in [1.82, 2.24) is 25.8 Å². The first-order valence-corrected chi connectivity index (χ1v) is 25.0. The number of hydrogen-bond donors (Lipinski definition) is 3. The van der Waals surface area contributed by atoms with Crippen LogP contribution in [0.5, 0.6) is 0 Å². The van der Waals surface area contributed by atoms with E-state index in [1.807, 2.05) is 0 Å². The second-order valence-electron chi connectivity index (χ2n) is 23.0. The van der Waals surface area contributed by atoms with Crippen molar-refractivity contribution in [3.63, 3.8) is 0 Å². The van der Waals surface area contributed by atoms with Gasteiger partial charge >= 0.3 is 0 Å². The molecule has 0 bridgehead atoms. The van der Waals surface area contributed by atoms with Crippen LogP contribution in [0.1, 0.15) is 169 Å². The van der Waals surface area contributed by atoms with Crippen molar-refractivity contribution in [2.75, 3.05) is 6.54 Å². The van der Waals surface area contributed by atoms with Gasteiger partial charge in [0, 0.05) is 42.2 Å². The van der Waals surface area contributed by atoms with Gasteiger partial charge in [0.25, 0.3) is 0 Å². The highest BCUT2D eigenvalue weighted by Gasteiger charge is 2.72. The lowest BCUT2D eigenvalue weighted by Crippen LogP contribution is -2.75. The van der Waals surface area contributed by atoms with Gasteiger partial charge in [-0.2, -0.15) is 0 Å². The molecule has 0 aromatic rings. The van der Waals surface area contributed by atoms with E-state index in [1.54, 1.807) is 5.57 Å². The fourth-order valence-electron chi connectivity index (χ4n) is 17.9. The lowest BCUT2D eigenvalue weighted by molar-refractivity contribution is -0.116. The zero-order chi connectivity index (χ0) is 37.1. The van der Waals surface area contributed by atoms with Gasteiger partial charge in [0.1, 0.15) is 0 Å². The van der Waals surface area contributed by atoms with Crippen LogP contribution >= 0.6 is 0 Å². The SMILES string of the molecule is CC1CCC2C(C1)C1CCCC3N(C4CCCC(C)(C5NC(C6=CCCCC6)NC(C6CCC(C7CC=CCC7)CC6)N5)C4C)C4CCC5CN2C5C4C13C. The Hall–Kier alpha value is -0.720. The van der Waals surface area contributed by atoms with Crippen molar-refractivity contribution >= 4 is 0 Å². The molecular formula is C50H81N5. The molecule has 0 radical (unpaired) electrons. The molecule has 0 aromatic carbocycles. The van der Waals surface area contributed by atoms with E-state index < -0.39 is 0 Å². The first-order valence-electron chi connectivity index (χ1n) is 25.0. The molecule has 17 atom stereocenters. The van der Waals surface area contributed by atoms with Crippen LogP contribution in [0.2, 0.25) is 0 Å². The maximum absolute atomic E-state index is 4.45. The minimum absolute atomic E-state index is 0.242. The molecule has 11 aliphatic rings. The maximum atomic E-state index is 4.45. The highest BCUT2D eigenvalue weighted by Crippen LogP contribution is 2.69. The van der Waals surface area contributed by atoms with E-state index in [0.29, 0.717) is 29.8 Å². The van der Waals surface area contributed by atoms with Crippen LogP contribution in [0.3, 0.4) is 0 Å². The normalized spacial score (nSPS) is 55.4. The van der Waals surface area contributed by atoms with E-state index in [4.69, 9.17) is 0 Å². The predicted molar refractivity (Wildman–Crippen MR) is 226 cm³/mol. The van der Waals surface area contributed by atoms with Crippen LogP contribution in [-0.4, -0.2) is 65.1 Å². The monoisotopic (exact) mass is 752 g/mol. The van der Waals surface area contributed by atoms with Crippen LogP contribution in [0, 0.1) is 64.1 Å². The number of likely N-dealkylation sites (tertiary alicyclic amines) is 1. The van der Waals surface area contributed by atoms with Crippen molar-refractivity contribution in [1.29, 1.82) is 0 Å². The Morgan fingerprint density at radius 2 is 1.53 bits per heavy atom. The summed E-state index contributed by atoms with van der Waals surface area (Å²) in [6.45, 7) is 12.5. The Balaban J connectivity index is 0.878. The highest BCUT2D eigenvalue weighted by molar-refractivity contribution is 5.25. The Bertz CT molecular complexity index is 1470. The summed E-state index contributed by atoms with van der Waals surface area (Å²) in [6.07, 6.45) is 40.0. The first kappa shape index (κ1) is 37.3. The molecule has 9 fully saturated rings. The molecule has 0 spiro atoms. The van der Waals surface area contributed by atoms with Gasteiger partial charge in [-0.1, -0.05) is 58.8 Å². The molecule has 4 aliphatic heterocycles. The van der Waals surface area contributed by atoms with Gasteiger partial charge in [-0.05, 0) is 193 Å². The molecule has 5 saturated carbocycles. The van der Waals surface area contributed by atoms with Gasteiger partial charge < -0.3 is 0 Å². The first-order chi connectivity index (χ1) is 26.8. The topological polar surface area (TPSA) is 42.6 Å². The Kier molecular flexibility index (Phi) is 9.82. The predicted octanol–water partition coefficient (Wildman–Crippen LogP) is 9.99. The Labute approximate surface area is 336 Å². The van der Waals surface area contributed by atoms with Crippen LogP contribution in [0.25, 0.3) is 0 Å². The van der Waals surface area contributed by atoms with Crippen molar-refractivity contribution in [3.05, 3.63) is 23.8 Å². The lowest BCUT2D eigenvalue weighted by atomic mass is 9.51. The number of nitrogens with zero attached hydrogens (tertiary/aromatic N) is 2. The summed E-state index contributed by atoms with van der Waals surface area (Å²) in [5.41, 5.74) is 2.43. The Morgan fingerprint density at radius 1 is 0.691 bits per heavy atom. The molecule has 5 heteroatoms. The summed E-state index contributed by atoms with van der Waals surface area (Å²) >= 11 is 0. The molecule has 306 valence electrons. The lowest BCUT2D eigenvalue weighted by Gasteiger charge is -2.61. The average molecular weight is 752 g/mol. The zero-order valence-electron chi connectivity index (χ0n) is 35.7. The molecule has 0 aromatic heterocycles. The number of rotatable bonds is 5. The second-order valence-corrected chi connectivity index (χ2v) is 23.0. The van der Waals surface area contributed by atoms with Crippen LogP contribution in [-0.2, 0) is 0 Å². The van der Waals surface area contributed by atoms with Crippen molar-refractivity contribution in [3.8, 4) is 0 Å². The fourth-order valence-corrected chi connectivity index (χ4v) is 17.9. The minimum Gasteiger partial charge on any atom is -0.296 e. The number of nitrogens with one attached hydrogen (secondary N) is 3. The minimum atomic E-state index is 0.242. The third-order valence-electron chi connectivity index (χ3n) is 20.8. The van der Waals surface area contributed by atoms with E-state index in [-0.39, 0.29) is 5.41 Å². The molecule has 3 N–H and O–H groups in total. The van der Waals surface area contributed by atoms with E-state index in [1.165, 1.54) is 148 Å². The molecule has 11 rings (SSSR count). The summed E-state index contributed by atoms with van der Waals surface area (Å²) in [6, 6.07) is 4.16. The van der Waals surface area contributed by atoms with Crippen LogP contribution in [0.4, 0.5) is 0 Å². The van der Waals surface area contributed by atoms with Crippen molar-refractivity contribution < 1.29 is 0 Å². The van der Waals surface area contributed by atoms with Gasteiger partial charge in [-0.3, -0.25) is 25.8 Å². The molecule has 4 saturated heterocycles. The molecular weight excluding hydrogens is 671 g/mol. The van der Waals surface area contributed by atoms with Gasteiger partial charge in [0.05, 0.1) is 18.5 Å². The molecule has 7 aliphatic carbocycles. The van der Waals surface area contributed by atoms with Crippen molar-refractivity contribution in [2.45, 2.75) is 218 Å². The van der Waals surface area contributed by atoms with Gasteiger partial charge in [-0.15, -0.1) is 0 Å². The molecule has 4 heterocycles. The van der Waals surface area contributed by atoms with E-state index in [9.17, 15) is 0 Å². The zero-order valence-corrected chi connectivity index (χ0v) is 35.7. The highest BCUT2D eigenvalue weighted by atomic mass is 15.4. The smallest absolute Gasteiger partial charge is 0.0818 e. The van der Waals surface area contributed by atoms with E-state index in [2.05, 4.69) is 71.7 Å². The summed E-state index contributed by atoms with van der Waals surface area (Å²) in [5.74, 6) is 8.09. The Morgan fingerprint density at radius 3 is 2.35 bits per heavy atom. The summed E-state index contributed by atoms with van der Waals surface area (Å²) in [5, 5.41) is 13.1. The molecule has 55 heavy (non-hydrogen) atoms. The summed E-state index contributed by atoms with van der Waals surface area (Å²) in [4.78, 5) is 6.58. The van der Waals surface area contributed by atoms with Gasteiger partial charge in [-0.25, -0.2) is 0 Å². The van der Waals surface area contributed by atoms with Crippen molar-refractivity contribution in [2.24, 2.45) is 64.1 Å². The van der Waals surface area contributed by atoms with E-state index in [0.717, 1.165) is 77.6 Å². The maximum Gasteiger partial charge on any atom is 0.0818 e. The van der Waals surface area contributed by atoms with Crippen LogP contribution < -0.4 is 16.0 Å². The number of fused-ring (bicyclic) bond motifs is 3. The molecule has 17 unspecified atom stereocenters. The summed E-state index contributed by atoms with van der Waals surface area (Å²) < 4.78 is 0. The standard InChI is InChI=1S/C50H81N5/c1-31-20-26-41-38(29-31)39-17-11-19-43-50(39,4)44-42(27-25-37-30-54(41)45(37)44)55(43)40-18-12-28-49(3,32(40)2)48-52-46(35-15-9-6-10-16-35)51-47(53-48)36-23-21-34(22-24-36)33-13-7-5-8-14-33/h5,7,15,31-34,36-48,51-53H,6,8-14,16-30H2,1-4H3. The summed E-state index contributed by atoms with van der Waals surface area (Å²) in [7, 11) is 0. The number of allylic oxidation sites excluding steroid dienone is 3. The van der Waals surface area contributed by atoms with E-state index >= 15 is 0 Å². The fraction of sp³-hybridized carbons (Fsp3) is 0.920. The second kappa shape index (κ2) is 14.5. The quantitative estimate of drug-likeness (QED) is 0.244. The molecule has 5 nitrogen and oxygen atoms in total. The number of hydrogen-bond acceptors (Lipinski definition) is 5. The molecule has 0 amide bonds. The average Bonchev–Trinajstić information content (AvgIpc) is 3.42. The third-order valence-corrected chi connectivity index (χ3v) is 20.8.